The van der Waals surface area contributed by atoms with Gasteiger partial charge < -0.3 is 25.5 Å². The van der Waals surface area contributed by atoms with Crippen LogP contribution < -0.4 is 5.32 Å². The fourth-order valence-electron chi connectivity index (χ4n) is 2.35. The summed E-state index contributed by atoms with van der Waals surface area (Å²) in [7, 11) is 0. The normalized spacial score (nSPS) is 20.3. The van der Waals surface area contributed by atoms with Crippen molar-refractivity contribution < 1.29 is 24.9 Å². The molecule has 1 saturated heterocycles. The van der Waals surface area contributed by atoms with E-state index in [9.17, 15) is 9.59 Å². The van der Waals surface area contributed by atoms with Crippen molar-refractivity contribution in [2.24, 2.45) is 0 Å². The summed E-state index contributed by atoms with van der Waals surface area (Å²) in [5.41, 5.74) is 0. The molecule has 1 rings (SSSR count). The first-order chi connectivity index (χ1) is 9.10. The Kier molecular flexibility index (Phi) is 6.58. The Balaban J connectivity index is 2.52. The topological polar surface area (TPSA) is 110 Å². The summed E-state index contributed by atoms with van der Waals surface area (Å²) in [6, 6.07) is -1.39. The average Bonchev–Trinajstić information content (AvgIpc) is 2.83. The SMILES string of the molecule is O=C(O)[C@@H](CCO)NC(=O)N1CCCC1CCCO. The minimum Gasteiger partial charge on any atom is -0.480 e. The number of carbonyl (C=O) groups excluding carboxylic acids is 1. The minimum atomic E-state index is -1.14. The van der Waals surface area contributed by atoms with Crippen LogP contribution in [0.2, 0.25) is 0 Å². The lowest BCUT2D eigenvalue weighted by atomic mass is 10.1. The third kappa shape index (κ3) is 4.68. The van der Waals surface area contributed by atoms with Crippen molar-refractivity contribution in [3.8, 4) is 0 Å². The largest absolute Gasteiger partial charge is 0.480 e. The highest BCUT2D eigenvalue weighted by Crippen LogP contribution is 2.21. The van der Waals surface area contributed by atoms with Gasteiger partial charge in [-0.05, 0) is 25.7 Å². The molecule has 0 saturated carbocycles. The quantitative estimate of drug-likeness (QED) is 0.512. The third-order valence-corrected chi connectivity index (χ3v) is 3.35. The highest BCUT2D eigenvalue weighted by molar-refractivity contribution is 5.82. The second kappa shape index (κ2) is 7.96. The molecule has 7 nitrogen and oxygen atoms in total. The molecule has 2 amide bonds. The van der Waals surface area contributed by atoms with E-state index in [1.54, 1.807) is 4.90 Å². The number of carboxylic acid groups (broad SMARTS) is 1. The fourth-order valence-corrected chi connectivity index (χ4v) is 2.35. The van der Waals surface area contributed by atoms with Crippen molar-refractivity contribution in [2.75, 3.05) is 19.8 Å². The number of hydrogen-bond acceptors (Lipinski definition) is 4. The number of aliphatic carboxylic acids is 1. The average molecular weight is 274 g/mol. The van der Waals surface area contributed by atoms with Gasteiger partial charge in [-0.2, -0.15) is 0 Å². The summed E-state index contributed by atoms with van der Waals surface area (Å²) in [6.45, 7) is 0.410. The van der Waals surface area contributed by atoms with Crippen molar-refractivity contribution in [3.63, 3.8) is 0 Å². The molecular weight excluding hydrogens is 252 g/mol. The molecule has 1 aliphatic rings. The molecule has 7 heteroatoms. The van der Waals surface area contributed by atoms with E-state index in [1.807, 2.05) is 0 Å². The van der Waals surface area contributed by atoms with E-state index in [1.165, 1.54) is 0 Å². The number of amides is 2. The first kappa shape index (κ1) is 15.7. The van der Waals surface area contributed by atoms with Crippen LogP contribution in [0.15, 0.2) is 0 Å². The predicted molar refractivity (Wildman–Crippen MR) is 67.7 cm³/mol. The monoisotopic (exact) mass is 274 g/mol. The van der Waals surface area contributed by atoms with Gasteiger partial charge in [0.15, 0.2) is 0 Å². The molecule has 1 fully saturated rings. The lowest BCUT2D eigenvalue weighted by Crippen LogP contribution is -2.49. The van der Waals surface area contributed by atoms with Crippen molar-refractivity contribution >= 4 is 12.0 Å². The molecule has 1 unspecified atom stereocenters. The van der Waals surface area contributed by atoms with Gasteiger partial charge in [0, 0.05) is 32.2 Å². The first-order valence-electron chi connectivity index (χ1n) is 6.61. The Morgan fingerprint density at radius 3 is 2.63 bits per heavy atom. The Hall–Kier alpha value is -1.34. The molecule has 0 spiro atoms. The Labute approximate surface area is 112 Å². The molecule has 1 heterocycles. The molecule has 110 valence electrons. The predicted octanol–water partition coefficient (Wildman–Crippen LogP) is -0.231. The van der Waals surface area contributed by atoms with Gasteiger partial charge in [0.2, 0.25) is 0 Å². The van der Waals surface area contributed by atoms with Crippen LogP contribution in [-0.4, -0.2) is 64.1 Å². The van der Waals surface area contributed by atoms with E-state index in [-0.39, 0.29) is 25.7 Å². The van der Waals surface area contributed by atoms with E-state index in [4.69, 9.17) is 15.3 Å². The van der Waals surface area contributed by atoms with Gasteiger partial charge in [0.05, 0.1) is 0 Å². The van der Waals surface area contributed by atoms with E-state index in [0.717, 1.165) is 19.3 Å². The number of nitrogens with one attached hydrogen (secondary N) is 1. The summed E-state index contributed by atoms with van der Waals surface area (Å²) >= 11 is 0. The maximum Gasteiger partial charge on any atom is 0.326 e. The van der Waals surface area contributed by atoms with Crippen LogP contribution in [0.3, 0.4) is 0 Å². The van der Waals surface area contributed by atoms with Crippen LogP contribution in [0.4, 0.5) is 4.79 Å². The lowest BCUT2D eigenvalue weighted by molar-refractivity contribution is -0.139. The zero-order valence-electron chi connectivity index (χ0n) is 10.9. The summed E-state index contributed by atoms with van der Waals surface area (Å²) in [4.78, 5) is 24.6. The molecular formula is C12H22N2O5. The summed E-state index contributed by atoms with van der Waals surface area (Å²) in [6.07, 6.45) is 3.12. The van der Waals surface area contributed by atoms with Crippen LogP contribution in [0.25, 0.3) is 0 Å². The number of nitrogens with zero attached hydrogens (tertiary/aromatic N) is 1. The molecule has 4 N–H and O–H groups in total. The molecule has 0 aromatic rings. The zero-order chi connectivity index (χ0) is 14.3. The van der Waals surface area contributed by atoms with E-state index < -0.39 is 18.0 Å². The highest BCUT2D eigenvalue weighted by atomic mass is 16.4. The second-order valence-electron chi connectivity index (χ2n) is 4.71. The van der Waals surface area contributed by atoms with Gasteiger partial charge in [-0.25, -0.2) is 9.59 Å². The molecule has 2 atom stereocenters. The molecule has 0 bridgehead atoms. The van der Waals surface area contributed by atoms with E-state index in [2.05, 4.69) is 5.32 Å². The minimum absolute atomic E-state index is 0.00375. The summed E-state index contributed by atoms with van der Waals surface area (Å²) in [5, 5.41) is 28.9. The number of rotatable bonds is 7. The zero-order valence-corrected chi connectivity index (χ0v) is 10.9. The van der Waals surface area contributed by atoms with Gasteiger partial charge in [-0.3, -0.25) is 0 Å². The van der Waals surface area contributed by atoms with Crippen LogP contribution in [0, 0.1) is 0 Å². The van der Waals surface area contributed by atoms with E-state index >= 15 is 0 Å². The van der Waals surface area contributed by atoms with Gasteiger partial charge >= 0.3 is 12.0 Å². The molecule has 0 aromatic carbocycles. The number of aliphatic hydroxyl groups excluding tert-OH is 2. The van der Waals surface area contributed by atoms with Crippen molar-refractivity contribution in [2.45, 2.75) is 44.2 Å². The maximum absolute atomic E-state index is 12.0. The standard InChI is InChI=1S/C12H22N2O5/c15-7-2-4-9-3-1-6-14(9)12(19)13-10(5-8-16)11(17)18/h9-10,15-16H,1-8H2,(H,13,19)(H,17,18)/t9?,10-/m1/s1. The maximum atomic E-state index is 12.0. The number of likely N-dealkylation sites (tertiary alicyclic amines) is 1. The molecule has 0 radical (unpaired) electrons. The Bertz CT molecular complexity index is 310. The van der Waals surface area contributed by atoms with Gasteiger partial charge in [-0.15, -0.1) is 0 Å². The molecule has 0 aromatic heterocycles. The number of carboxylic acids is 1. The van der Waals surface area contributed by atoms with Gasteiger partial charge in [0.1, 0.15) is 6.04 Å². The van der Waals surface area contributed by atoms with Crippen molar-refractivity contribution in [1.29, 1.82) is 0 Å². The van der Waals surface area contributed by atoms with E-state index in [0.29, 0.717) is 13.0 Å². The first-order valence-corrected chi connectivity index (χ1v) is 6.61. The number of carbonyl (C=O) groups is 2. The van der Waals surface area contributed by atoms with Crippen LogP contribution >= 0.6 is 0 Å². The van der Waals surface area contributed by atoms with Crippen LogP contribution in [0.5, 0.6) is 0 Å². The van der Waals surface area contributed by atoms with Gasteiger partial charge in [-0.1, -0.05) is 0 Å². The smallest absolute Gasteiger partial charge is 0.326 e. The molecule has 1 aliphatic heterocycles. The number of urea groups is 1. The Morgan fingerprint density at radius 2 is 2.05 bits per heavy atom. The molecule has 0 aliphatic carbocycles. The Morgan fingerprint density at radius 1 is 1.32 bits per heavy atom. The van der Waals surface area contributed by atoms with Gasteiger partial charge in [0.25, 0.3) is 0 Å². The van der Waals surface area contributed by atoms with Crippen LogP contribution in [0.1, 0.15) is 32.1 Å². The highest BCUT2D eigenvalue weighted by Gasteiger charge is 2.30. The lowest BCUT2D eigenvalue weighted by Gasteiger charge is -2.26. The molecule has 19 heavy (non-hydrogen) atoms. The summed E-state index contributed by atoms with van der Waals surface area (Å²) < 4.78 is 0. The summed E-state index contributed by atoms with van der Waals surface area (Å²) in [5.74, 6) is -1.14. The third-order valence-electron chi connectivity index (χ3n) is 3.35. The van der Waals surface area contributed by atoms with Crippen LogP contribution in [-0.2, 0) is 4.79 Å². The van der Waals surface area contributed by atoms with Crippen molar-refractivity contribution in [3.05, 3.63) is 0 Å². The number of hydrogen-bond donors (Lipinski definition) is 4. The number of aliphatic hydroxyl groups is 2. The fraction of sp³-hybridized carbons (Fsp3) is 0.833. The van der Waals surface area contributed by atoms with Crippen molar-refractivity contribution in [1.82, 2.24) is 10.2 Å². The second-order valence-corrected chi connectivity index (χ2v) is 4.71.